The summed E-state index contributed by atoms with van der Waals surface area (Å²) < 4.78 is 10.4. The fourth-order valence-corrected chi connectivity index (χ4v) is 1.76. The molecule has 1 heterocycles. The van der Waals surface area contributed by atoms with Gasteiger partial charge in [0.2, 0.25) is 0 Å². The largest absolute Gasteiger partial charge is 0.496 e. The topological polar surface area (TPSA) is 31.4 Å². The van der Waals surface area contributed by atoms with E-state index in [9.17, 15) is 0 Å². The summed E-state index contributed by atoms with van der Waals surface area (Å²) in [6.07, 6.45) is 3.40. The van der Waals surface area contributed by atoms with Gasteiger partial charge in [0.25, 0.3) is 0 Å². The SMILES string of the molecule is COc1cncc(-c2cc(Cl)ccc2OC)c1. The molecule has 88 valence electrons. The second-order valence-corrected chi connectivity index (χ2v) is 3.89. The maximum absolute atomic E-state index is 5.99. The Labute approximate surface area is 105 Å². The van der Waals surface area contributed by atoms with E-state index in [1.54, 1.807) is 32.7 Å². The second-order valence-electron chi connectivity index (χ2n) is 3.46. The molecule has 2 aromatic rings. The Balaban J connectivity index is 2.54. The summed E-state index contributed by atoms with van der Waals surface area (Å²) >= 11 is 5.99. The monoisotopic (exact) mass is 249 g/mol. The number of aromatic nitrogens is 1. The van der Waals surface area contributed by atoms with E-state index in [1.807, 2.05) is 18.2 Å². The van der Waals surface area contributed by atoms with E-state index in [4.69, 9.17) is 21.1 Å². The predicted molar refractivity (Wildman–Crippen MR) is 67.8 cm³/mol. The lowest BCUT2D eigenvalue weighted by atomic mass is 10.1. The molecule has 17 heavy (non-hydrogen) atoms. The second kappa shape index (κ2) is 5.06. The lowest BCUT2D eigenvalue weighted by molar-refractivity contribution is 0.412. The summed E-state index contributed by atoms with van der Waals surface area (Å²) in [4.78, 5) is 4.11. The number of halogens is 1. The minimum atomic E-state index is 0.656. The van der Waals surface area contributed by atoms with E-state index in [0.29, 0.717) is 10.8 Å². The zero-order valence-electron chi connectivity index (χ0n) is 9.61. The van der Waals surface area contributed by atoms with Gasteiger partial charge >= 0.3 is 0 Å². The van der Waals surface area contributed by atoms with Crippen molar-refractivity contribution in [1.82, 2.24) is 4.98 Å². The summed E-state index contributed by atoms with van der Waals surface area (Å²) in [6.45, 7) is 0. The van der Waals surface area contributed by atoms with Gasteiger partial charge < -0.3 is 9.47 Å². The van der Waals surface area contributed by atoms with Gasteiger partial charge in [0.1, 0.15) is 11.5 Å². The molecule has 3 nitrogen and oxygen atoms in total. The van der Waals surface area contributed by atoms with Gasteiger partial charge in [-0.15, -0.1) is 0 Å². The van der Waals surface area contributed by atoms with Gasteiger partial charge in [0, 0.05) is 22.3 Å². The Kier molecular flexibility index (Phi) is 3.49. The Morgan fingerprint density at radius 1 is 1.06 bits per heavy atom. The summed E-state index contributed by atoms with van der Waals surface area (Å²) in [7, 11) is 3.23. The highest BCUT2D eigenvalue weighted by molar-refractivity contribution is 6.31. The Bertz CT molecular complexity index is 529. The van der Waals surface area contributed by atoms with Crippen molar-refractivity contribution in [2.75, 3.05) is 14.2 Å². The van der Waals surface area contributed by atoms with Crippen LogP contribution in [0.1, 0.15) is 0 Å². The molecule has 4 heteroatoms. The molecule has 0 N–H and O–H groups in total. The van der Waals surface area contributed by atoms with Crippen LogP contribution in [0.5, 0.6) is 11.5 Å². The summed E-state index contributed by atoms with van der Waals surface area (Å²) in [5.41, 5.74) is 1.80. The van der Waals surface area contributed by atoms with Crippen molar-refractivity contribution in [2.45, 2.75) is 0 Å². The standard InChI is InChI=1S/C13H12ClNO2/c1-16-11-5-9(7-15-8-11)12-6-10(14)3-4-13(12)17-2/h3-8H,1-2H3. The molecule has 0 aliphatic heterocycles. The number of nitrogens with zero attached hydrogens (tertiary/aromatic N) is 1. The van der Waals surface area contributed by atoms with Crippen molar-refractivity contribution >= 4 is 11.6 Å². The normalized spacial score (nSPS) is 10.1. The number of hydrogen-bond donors (Lipinski definition) is 0. The van der Waals surface area contributed by atoms with Crippen LogP contribution in [-0.2, 0) is 0 Å². The number of hydrogen-bond acceptors (Lipinski definition) is 3. The zero-order valence-corrected chi connectivity index (χ0v) is 10.4. The summed E-state index contributed by atoms with van der Waals surface area (Å²) in [6, 6.07) is 7.35. The molecule has 0 aliphatic carbocycles. The van der Waals surface area contributed by atoms with E-state index < -0.39 is 0 Å². The molecule has 2 rings (SSSR count). The maximum atomic E-state index is 5.99. The lowest BCUT2D eigenvalue weighted by Crippen LogP contribution is -1.90. The van der Waals surface area contributed by atoms with Crippen LogP contribution in [0.25, 0.3) is 11.1 Å². The number of pyridine rings is 1. The third-order valence-corrected chi connectivity index (χ3v) is 2.66. The first kappa shape index (κ1) is 11.7. The Morgan fingerprint density at radius 2 is 1.88 bits per heavy atom. The van der Waals surface area contributed by atoms with Crippen LogP contribution in [0, 0.1) is 0 Å². The third-order valence-electron chi connectivity index (χ3n) is 2.42. The molecule has 0 saturated carbocycles. The van der Waals surface area contributed by atoms with Crippen molar-refractivity contribution in [1.29, 1.82) is 0 Å². The molecule has 0 fully saturated rings. The van der Waals surface area contributed by atoms with Crippen LogP contribution < -0.4 is 9.47 Å². The van der Waals surface area contributed by atoms with Gasteiger partial charge in [-0.05, 0) is 24.3 Å². The smallest absolute Gasteiger partial charge is 0.137 e. The zero-order chi connectivity index (χ0) is 12.3. The van der Waals surface area contributed by atoms with Crippen molar-refractivity contribution in [3.05, 3.63) is 41.7 Å². The number of rotatable bonds is 3. The highest BCUT2D eigenvalue weighted by Gasteiger charge is 2.07. The first-order valence-corrected chi connectivity index (χ1v) is 5.45. The fraction of sp³-hybridized carbons (Fsp3) is 0.154. The van der Waals surface area contributed by atoms with Crippen LogP contribution in [0.4, 0.5) is 0 Å². The van der Waals surface area contributed by atoms with Crippen LogP contribution in [0.15, 0.2) is 36.7 Å². The van der Waals surface area contributed by atoms with Crippen molar-refractivity contribution in [3.63, 3.8) is 0 Å². The molecule has 0 aliphatic rings. The highest BCUT2D eigenvalue weighted by atomic mass is 35.5. The maximum Gasteiger partial charge on any atom is 0.137 e. The molecule has 0 atom stereocenters. The first-order chi connectivity index (χ1) is 8.24. The van der Waals surface area contributed by atoms with Crippen molar-refractivity contribution < 1.29 is 9.47 Å². The van der Waals surface area contributed by atoms with Gasteiger partial charge in [-0.1, -0.05) is 11.6 Å². The van der Waals surface area contributed by atoms with Crippen LogP contribution in [-0.4, -0.2) is 19.2 Å². The van der Waals surface area contributed by atoms with E-state index >= 15 is 0 Å². The average Bonchev–Trinajstić information content (AvgIpc) is 2.39. The van der Waals surface area contributed by atoms with Gasteiger partial charge in [0.05, 0.1) is 20.4 Å². The number of benzene rings is 1. The Morgan fingerprint density at radius 3 is 2.59 bits per heavy atom. The van der Waals surface area contributed by atoms with Crippen LogP contribution >= 0.6 is 11.6 Å². The van der Waals surface area contributed by atoms with Gasteiger partial charge in [0.15, 0.2) is 0 Å². The Hall–Kier alpha value is -1.74. The van der Waals surface area contributed by atoms with E-state index in [0.717, 1.165) is 16.9 Å². The molecular formula is C13H12ClNO2. The number of ether oxygens (including phenoxy) is 2. The molecule has 0 amide bonds. The average molecular weight is 250 g/mol. The van der Waals surface area contributed by atoms with Gasteiger partial charge in [-0.3, -0.25) is 4.98 Å². The molecule has 0 radical (unpaired) electrons. The summed E-state index contributed by atoms with van der Waals surface area (Å²) in [5, 5.41) is 0.656. The predicted octanol–water partition coefficient (Wildman–Crippen LogP) is 3.42. The quantitative estimate of drug-likeness (QED) is 0.835. The molecule has 0 unspecified atom stereocenters. The molecule has 0 bridgehead atoms. The van der Waals surface area contributed by atoms with Crippen LogP contribution in [0.2, 0.25) is 5.02 Å². The van der Waals surface area contributed by atoms with E-state index in [2.05, 4.69) is 4.98 Å². The summed E-state index contributed by atoms with van der Waals surface area (Å²) in [5.74, 6) is 1.45. The first-order valence-electron chi connectivity index (χ1n) is 5.07. The molecule has 1 aromatic carbocycles. The van der Waals surface area contributed by atoms with Gasteiger partial charge in [-0.2, -0.15) is 0 Å². The molecule has 1 aromatic heterocycles. The molecule has 0 saturated heterocycles. The van der Waals surface area contributed by atoms with Gasteiger partial charge in [-0.25, -0.2) is 0 Å². The fourth-order valence-electron chi connectivity index (χ4n) is 1.58. The molecule has 0 spiro atoms. The minimum Gasteiger partial charge on any atom is -0.496 e. The molecular weight excluding hydrogens is 238 g/mol. The third kappa shape index (κ3) is 2.50. The highest BCUT2D eigenvalue weighted by Crippen LogP contribution is 2.33. The van der Waals surface area contributed by atoms with Crippen molar-refractivity contribution in [3.8, 4) is 22.6 Å². The van der Waals surface area contributed by atoms with E-state index in [-0.39, 0.29) is 0 Å². The van der Waals surface area contributed by atoms with Crippen molar-refractivity contribution in [2.24, 2.45) is 0 Å². The van der Waals surface area contributed by atoms with E-state index in [1.165, 1.54) is 0 Å². The minimum absolute atomic E-state index is 0.656. The number of methoxy groups -OCH3 is 2. The van der Waals surface area contributed by atoms with Crippen LogP contribution in [0.3, 0.4) is 0 Å². The lowest BCUT2D eigenvalue weighted by Gasteiger charge is -2.09.